The summed E-state index contributed by atoms with van der Waals surface area (Å²) >= 11 is 0. The van der Waals surface area contributed by atoms with Crippen molar-refractivity contribution in [3.05, 3.63) is 100 Å². The second-order valence-corrected chi connectivity index (χ2v) is 6.83. The molecule has 4 aromatic rings. The third-order valence-corrected chi connectivity index (χ3v) is 4.68. The highest BCUT2D eigenvalue weighted by atomic mass is 16.6. The summed E-state index contributed by atoms with van der Waals surface area (Å²) in [6, 6.07) is 21.9. The number of nitrogens with zero attached hydrogens (tertiary/aromatic N) is 3. The van der Waals surface area contributed by atoms with Gasteiger partial charge in [0, 0.05) is 11.5 Å². The zero-order valence-corrected chi connectivity index (χ0v) is 17.5. The van der Waals surface area contributed by atoms with Crippen molar-refractivity contribution in [2.24, 2.45) is 5.10 Å². The Labute approximate surface area is 188 Å². The largest absolute Gasteiger partial charge is 0.493 e. The van der Waals surface area contributed by atoms with Crippen molar-refractivity contribution in [3.8, 4) is 17.2 Å². The number of nitro benzene ring substituents is 1. The Morgan fingerprint density at radius 2 is 1.79 bits per heavy atom. The smallest absolute Gasteiger partial charge is 0.311 e. The molecule has 1 N–H and O–H groups in total. The van der Waals surface area contributed by atoms with Crippen molar-refractivity contribution in [1.82, 2.24) is 10.4 Å². The Kier molecular flexibility index (Phi) is 6.21. The SMILES string of the molecule is COc1cc(/C=N\NC(=O)c2ccc3ccccc3n2)ccc1Oc1ccccc1[N+](=O)[O-]. The highest BCUT2D eigenvalue weighted by molar-refractivity contribution is 5.95. The molecule has 0 fully saturated rings. The maximum atomic E-state index is 12.4. The van der Waals surface area contributed by atoms with Crippen molar-refractivity contribution in [3.63, 3.8) is 0 Å². The van der Waals surface area contributed by atoms with E-state index in [1.165, 1.54) is 25.5 Å². The van der Waals surface area contributed by atoms with Gasteiger partial charge in [0.05, 0.1) is 23.8 Å². The van der Waals surface area contributed by atoms with E-state index >= 15 is 0 Å². The van der Waals surface area contributed by atoms with E-state index in [4.69, 9.17) is 9.47 Å². The number of rotatable bonds is 7. The zero-order chi connectivity index (χ0) is 23.2. The van der Waals surface area contributed by atoms with Gasteiger partial charge < -0.3 is 9.47 Å². The topological polar surface area (TPSA) is 116 Å². The summed E-state index contributed by atoms with van der Waals surface area (Å²) in [5, 5.41) is 16.1. The van der Waals surface area contributed by atoms with E-state index in [1.54, 1.807) is 36.4 Å². The fourth-order valence-electron chi connectivity index (χ4n) is 3.08. The highest BCUT2D eigenvalue weighted by Crippen LogP contribution is 2.36. The van der Waals surface area contributed by atoms with Crippen LogP contribution >= 0.6 is 0 Å². The number of amides is 1. The van der Waals surface area contributed by atoms with Crippen LogP contribution in [0.5, 0.6) is 17.2 Å². The molecule has 4 rings (SSSR count). The molecule has 0 saturated carbocycles. The van der Waals surface area contributed by atoms with Gasteiger partial charge >= 0.3 is 5.69 Å². The van der Waals surface area contributed by atoms with Crippen LogP contribution in [0.25, 0.3) is 10.9 Å². The fourth-order valence-corrected chi connectivity index (χ4v) is 3.08. The number of carbonyl (C=O) groups excluding carboxylic acids is 1. The normalized spacial score (nSPS) is 10.8. The van der Waals surface area contributed by atoms with E-state index in [9.17, 15) is 14.9 Å². The Balaban J connectivity index is 1.47. The minimum absolute atomic E-state index is 0.0948. The zero-order valence-electron chi connectivity index (χ0n) is 17.5. The second-order valence-electron chi connectivity index (χ2n) is 6.83. The van der Waals surface area contributed by atoms with E-state index < -0.39 is 10.8 Å². The van der Waals surface area contributed by atoms with E-state index in [0.717, 1.165) is 5.39 Å². The molecule has 0 aliphatic carbocycles. The van der Waals surface area contributed by atoms with Gasteiger partial charge in [0.2, 0.25) is 5.75 Å². The number of hydrogen-bond acceptors (Lipinski definition) is 7. The van der Waals surface area contributed by atoms with Gasteiger partial charge in [-0.25, -0.2) is 10.4 Å². The van der Waals surface area contributed by atoms with Gasteiger partial charge in [-0.05, 0) is 42.0 Å². The number of benzene rings is 3. The molecule has 0 unspecified atom stereocenters. The van der Waals surface area contributed by atoms with Crippen molar-refractivity contribution in [1.29, 1.82) is 0 Å². The standard InChI is InChI=1S/C24H18N4O5/c1-32-23-14-16(10-13-22(23)33-21-9-5-4-8-20(21)28(30)31)15-25-27-24(29)19-12-11-17-6-2-3-7-18(17)26-19/h2-15H,1H3,(H,27,29)/b25-15-. The number of para-hydroxylation sites is 3. The molecule has 9 nitrogen and oxygen atoms in total. The summed E-state index contributed by atoms with van der Waals surface area (Å²) in [5.74, 6) is 0.297. The van der Waals surface area contributed by atoms with Crippen LogP contribution in [-0.2, 0) is 0 Å². The predicted molar refractivity (Wildman–Crippen MR) is 123 cm³/mol. The lowest BCUT2D eigenvalue weighted by molar-refractivity contribution is -0.385. The van der Waals surface area contributed by atoms with Crippen molar-refractivity contribution in [2.75, 3.05) is 7.11 Å². The molecular formula is C24H18N4O5. The minimum atomic E-state index is -0.518. The van der Waals surface area contributed by atoms with E-state index in [0.29, 0.717) is 22.6 Å². The number of fused-ring (bicyclic) bond motifs is 1. The number of hydrazone groups is 1. The first-order valence-electron chi connectivity index (χ1n) is 9.83. The van der Waals surface area contributed by atoms with Crippen LogP contribution < -0.4 is 14.9 Å². The summed E-state index contributed by atoms with van der Waals surface area (Å²) in [7, 11) is 1.45. The number of hydrogen-bond donors (Lipinski definition) is 1. The first-order valence-corrected chi connectivity index (χ1v) is 9.83. The number of nitro groups is 1. The van der Waals surface area contributed by atoms with Crippen LogP contribution in [-0.4, -0.2) is 29.1 Å². The van der Waals surface area contributed by atoms with Crippen LogP contribution in [0, 0.1) is 10.1 Å². The maximum Gasteiger partial charge on any atom is 0.311 e. The number of nitrogens with one attached hydrogen (secondary N) is 1. The molecule has 9 heteroatoms. The lowest BCUT2D eigenvalue weighted by Gasteiger charge is -2.11. The predicted octanol–water partition coefficient (Wildman–Crippen LogP) is 4.71. The average molecular weight is 442 g/mol. The van der Waals surface area contributed by atoms with Crippen LogP contribution in [0.15, 0.2) is 84.0 Å². The molecule has 0 atom stereocenters. The van der Waals surface area contributed by atoms with Gasteiger partial charge in [-0.2, -0.15) is 5.10 Å². The summed E-state index contributed by atoms with van der Waals surface area (Å²) in [5.41, 5.74) is 3.87. The van der Waals surface area contributed by atoms with Gasteiger partial charge in [0.25, 0.3) is 5.91 Å². The number of aromatic nitrogens is 1. The number of ether oxygens (including phenoxy) is 2. The molecular weight excluding hydrogens is 424 g/mol. The third kappa shape index (κ3) is 4.93. The molecule has 0 saturated heterocycles. The van der Waals surface area contributed by atoms with Crippen LogP contribution in [0.3, 0.4) is 0 Å². The molecule has 0 spiro atoms. The van der Waals surface area contributed by atoms with Gasteiger partial charge in [-0.15, -0.1) is 0 Å². The molecule has 0 aliphatic rings. The van der Waals surface area contributed by atoms with E-state index in [-0.39, 0.29) is 17.1 Å². The second kappa shape index (κ2) is 9.56. The monoisotopic (exact) mass is 442 g/mol. The molecule has 33 heavy (non-hydrogen) atoms. The quantitative estimate of drug-likeness (QED) is 0.252. The first kappa shape index (κ1) is 21.4. The van der Waals surface area contributed by atoms with E-state index in [2.05, 4.69) is 15.5 Å². The summed E-state index contributed by atoms with van der Waals surface area (Å²) in [4.78, 5) is 27.4. The lowest BCUT2D eigenvalue weighted by Crippen LogP contribution is -2.18. The molecule has 164 valence electrons. The molecule has 1 amide bonds. The molecule has 0 aliphatic heterocycles. The summed E-state index contributed by atoms with van der Waals surface area (Å²) < 4.78 is 11.0. The Hall–Kier alpha value is -4.79. The highest BCUT2D eigenvalue weighted by Gasteiger charge is 2.16. The van der Waals surface area contributed by atoms with Crippen molar-refractivity contribution >= 4 is 28.7 Å². The molecule has 0 bridgehead atoms. The molecule has 3 aromatic carbocycles. The van der Waals surface area contributed by atoms with Crippen LogP contribution in [0.2, 0.25) is 0 Å². The minimum Gasteiger partial charge on any atom is -0.493 e. The lowest BCUT2D eigenvalue weighted by atomic mass is 10.2. The van der Waals surface area contributed by atoms with Gasteiger partial charge in [0.1, 0.15) is 5.69 Å². The van der Waals surface area contributed by atoms with Gasteiger partial charge in [-0.3, -0.25) is 14.9 Å². The van der Waals surface area contributed by atoms with Crippen molar-refractivity contribution in [2.45, 2.75) is 0 Å². The molecule has 1 aromatic heterocycles. The maximum absolute atomic E-state index is 12.4. The first-order chi connectivity index (χ1) is 16.0. The van der Waals surface area contributed by atoms with Gasteiger partial charge in [0.15, 0.2) is 11.5 Å². The fraction of sp³-hybridized carbons (Fsp3) is 0.0417. The van der Waals surface area contributed by atoms with E-state index in [1.807, 2.05) is 30.3 Å². The average Bonchev–Trinajstić information content (AvgIpc) is 2.84. The number of pyridine rings is 1. The Morgan fingerprint density at radius 3 is 2.61 bits per heavy atom. The number of methoxy groups -OCH3 is 1. The van der Waals surface area contributed by atoms with Crippen LogP contribution in [0.1, 0.15) is 16.1 Å². The molecule has 1 heterocycles. The Morgan fingerprint density at radius 1 is 1.00 bits per heavy atom. The third-order valence-electron chi connectivity index (χ3n) is 4.68. The number of carbonyl (C=O) groups is 1. The summed E-state index contributed by atoms with van der Waals surface area (Å²) in [6.07, 6.45) is 1.44. The summed E-state index contributed by atoms with van der Waals surface area (Å²) in [6.45, 7) is 0. The van der Waals surface area contributed by atoms with Gasteiger partial charge in [-0.1, -0.05) is 36.4 Å². The molecule has 0 radical (unpaired) electrons. The van der Waals surface area contributed by atoms with Crippen LogP contribution in [0.4, 0.5) is 5.69 Å². The van der Waals surface area contributed by atoms with Crippen molar-refractivity contribution < 1.29 is 19.2 Å². The Bertz CT molecular complexity index is 1370.